The van der Waals surface area contributed by atoms with Crippen molar-refractivity contribution in [1.82, 2.24) is 4.57 Å². The van der Waals surface area contributed by atoms with E-state index in [2.05, 4.69) is 16.7 Å². The lowest BCUT2D eigenvalue weighted by atomic mass is 10.2. The van der Waals surface area contributed by atoms with Gasteiger partial charge in [0, 0.05) is 28.2 Å². The first-order chi connectivity index (χ1) is 11.6. The molecule has 3 rings (SSSR count). The first-order valence-electron chi connectivity index (χ1n) is 8.30. The molecule has 0 unspecified atom stereocenters. The van der Waals surface area contributed by atoms with E-state index in [1.807, 2.05) is 36.4 Å². The molecule has 0 spiro atoms. The largest absolute Gasteiger partial charge is 0.544 e. The molecule has 0 bridgehead atoms. The molecule has 0 aliphatic heterocycles. The van der Waals surface area contributed by atoms with Gasteiger partial charge in [-0.25, -0.2) is 0 Å². The standard InChI is InChI=1S/C19H22N2O3/c1-2-16(19(23)24)20-11-13(22)12-21-17-9-5-3-7-14(17)15-8-4-6-10-18(15)21/h3-10,13,16,20,22H,2,11-12H2,1H3,(H,23,24)/t13-,16-/m1/s1. The highest BCUT2D eigenvalue weighted by Gasteiger charge is 2.17. The average molecular weight is 326 g/mol. The number of aliphatic carboxylic acids is 1. The van der Waals surface area contributed by atoms with E-state index in [0.717, 1.165) is 21.8 Å². The van der Waals surface area contributed by atoms with E-state index in [1.165, 1.54) is 0 Å². The van der Waals surface area contributed by atoms with Crippen LogP contribution in [0.4, 0.5) is 0 Å². The highest BCUT2D eigenvalue weighted by atomic mass is 16.4. The number of fused-ring (bicyclic) bond motifs is 3. The Morgan fingerprint density at radius 3 is 2.17 bits per heavy atom. The minimum atomic E-state index is -1.08. The van der Waals surface area contributed by atoms with E-state index < -0.39 is 18.1 Å². The van der Waals surface area contributed by atoms with E-state index in [1.54, 1.807) is 12.2 Å². The fourth-order valence-electron chi connectivity index (χ4n) is 3.24. The van der Waals surface area contributed by atoms with E-state index in [0.29, 0.717) is 19.5 Å². The summed E-state index contributed by atoms with van der Waals surface area (Å²) in [5.74, 6) is -1.08. The first-order valence-corrected chi connectivity index (χ1v) is 8.30. The van der Waals surface area contributed by atoms with Crippen LogP contribution in [0.1, 0.15) is 13.3 Å². The SMILES string of the molecule is CC[C@@H]([NH2+]C[C@@H](O)Cn1c2ccccc2c2ccccc21)C(=O)[O-]. The first kappa shape index (κ1) is 16.5. The monoisotopic (exact) mass is 326 g/mol. The number of carboxylic acids is 1. The van der Waals surface area contributed by atoms with Crippen molar-refractivity contribution in [3.8, 4) is 0 Å². The Morgan fingerprint density at radius 2 is 1.67 bits per heavy atom. The van der Waals surface area contributed by atoms with Crippen molar-refractivity contribution in [2.45, 2.75) is 32.0 Å². The summed E-state index contributed by atoms with van der Waals surface area (Å²) in [5, 5.41) is 25.3. The molecule has 0 aliphatic rings. The minimum absolute atomic E-state index is 0.327. The molecule has 2 aromatic carbocycles. The number of carbonyl (C=O) groups excluding carboxylic acids is 1. The third kappa shape index (κ3) is 3.13. The molecule has 0 radical (unpaired) electrons. The van der Waals surface area contributed by atoms with Gasteiger partial charge in [-0.2, -0.15) is 0 Å². The molecule has 5 heteroatoms. The predicted molar refractivity (Wildman–Crippen MR) is 91.3 cm³/mol. The van der Waals surface area contributed by atoms with Crippen LogP contribution in [0.5, 0.6) is 0 Å². The summed E-state index contributed by atoms with van der Waals surface area (Å²) in [4.78, 5) is 11.0. The second kappa shape index (κ2) is 7.03. The molecule has 126 valence electrons. The molecular formula is C19H22N2O3. The Hall–Kier alpha value is -2.37. The number of aliphatic hydroxyl groups is 1. The molecule has 3 N–H and O–H groups in total. The molecule has 1 heterocycles. The Kier molecular flexibility index (Phi) is 4.83. The van der Waals surface area contributed by atoms with Crippen molar-refractivity contribution in [1.29, 1.82) is 0 Å². The van der Waals surface area contributed by atoms with Crippen molar-refractivity contribution in [2.24, 2.45) is 0 Å². The summed E-state index contributed by atoms with van der Waals surface area (Å²) < 4.78 is 2.10. The zero-order valence-electron chi connectivity index (χ0n) is 13.7. The predicted octanol–water partition coefficient (Wildman–Crippen LogP) is 0.247. The van der Waals surface area contributed by atoms with Gasteiger partial charge in [0.05, 0.1) is 12.5 Å². The third-order valence-corrected chi connectivity index (χ3v) is 4.51. The fourth-order valence-corrected chi connectivity index (χ4v) is 3.24. The van der Waals surface area contributed by atoms with E-state index in [9.17, 15) is 15.0 Å². The van der Waals surface area contributed by atoms with Crippen LogP contribution >= 0.6 is 0 Å². The smallest absolute Gasteiger partial charge is 0.126 e. The van der Waals surface area contributed by atoms with Gasteiger partial charge in [-0.15, -0.1) is 0 Å². The summed E-state index contributed by atoms with van der Waals surface area (Å²) in [7, 11) is 0. The normalized spacial score (nSPS) is 14.1. The van der Waals surface area contributed by atoms with Crippen LogP contribution in [0, 0.1) is 0 Å². The van der Waals surface area contributed by atoms with Crippen molar-refractivity contribution in [3.05, 3.63) is 48.5 Å². The van der Waals surface area contributed by atoms with Crippen LogP contribution in [0.15, 0.2) is 48.5 Å². The topological polar surface area (TPSA) is 81.9 Å². The quantitative estimate of drug-likeness (QED) is 0.653. The van der Waals surface area contributed by atoms with Gasteiger partial charge in [0.15, 0.2) is 0 Å². The maximum Gasteiger partial charge on any atom is 0.126 e. The number of hydrogen-bond acceptors (Lipinski definition) is 3. The molecular weight excluding hydrogens is 304 g/mol. The zero-order chi connectivity index (χ0) is 17.1. The molecule has 1 aromatic heterocycles. The number of benzene rings is 2. The number of carbonyl (C=O) groups is 1. The molecule has 0 amide bonds. The minimum Gasteiger partial charge on any atom is -0.544 e. The maximum absolute atomic E-state index is 11.0. The average Bonchev–Trinajstić information content (AvgIpc) is 2.90. The van der Waals surface area contributed by atoms with Gasteiger partial charge in [0.2, 0.25) is 0 Å². The lowest BCUT2D eigenvalue weighted by molar-refractivity contribution is -0.689. The number of carboxylic acid groups (broad SMARTS) is 1. The van der Waals surface area contributed by atoms with E-state index >= 15 is 0 Å². The molecule has 0 aliphatic carbocycles. The molecule has 0 saturated carbocycles. The summed E-state index contributed by atoms with van der Waals surface area (Å²) in [5.41, 5.74) is 2.15. The van der Waals surface area contributed by atoms with Crippen LogP contribution in [-0.2, 0) is 11.3 Å². The number of aromatic nitrogens is 1. The zero-order valence-corrected chi connectivity index (χ0v) is 13.7. The molecule has 3 aromatic rings. The van der Waals surface area contributed by atoms with Crippen molar-refractivity contribution >= 4 is 27.8 Å². The van der Waals surface area contributed by atoms with Crippen LogP contribution in [0.3, 0.4) is 0 Å². The number of nitrogens with two attached hydrogens (primary N) is 1. The lowest BCUT2D eigenvalue weighted by Crippen LogP contribution is -2.94. The fraction of sp³-hybridized carbons (Fsp3) is 0.316. The number of rotatable bonds is 7. The van der Waals surface area contributed by atoms with E-state index in [-0.39, 0.29) is 0 Å². The Bertz CT molecular complexity index is 803. The highest BCUT2D eigenvalue weighted by Crippen LogP contribution is 2.28. The van der Waals surface area contributed by atoms with Gasteiger partial charge in [-0.05, 0) is 12.1 Å². The Balaban J connectivity index is 1.85. The van der Waals surface area contributed by atoms with Crippen LogP contribution in [-0.4, -0.2) is 34.3 Å². The van der Waals surface area contributed by atoms with E-state index in [4.69, 9.17) is 0 Å². The highest BCUT2D eigenvalue weighted by molar-refractivity contribution is 6.07. The van der Waals surface area contributed by atoms with Crippen LogP contribution in [0.2, 0.25) is 0 Å². The molecule has 0 fully saturated rings. The summed E-state index contributed by atoms with van der Waals surface area (Å²) >= 11 is 0. The van der Waals surface area contributed by atoms with Gasteiger partial charge in [0.25, 0.3) is 0 Å². The Morgan fingerprint density at radius 1 is 1.12 bits per heavy atom. The van der Waals surface area contributed by atoms with Gasteiger partial charge in [-0.3, -0.25) is 0 Å². The van der Waals surface area contributed by atoms with Crippen molar-refractivity contribution < 1.29 is 20.3 Å². The number of aliphatic hydroxyl groups excluding tert-OH is 1. The van der Waals surface area contributed by atoms with Crippen molar-refractivity contribution in [2.75, 3.05) is 6.54 Å². The summed E-state index contributed by atoms with van der Waals surface area (Å²) in [6, 6.07) is 15.6. The number of para-hydroxylation sites is 2. The summed E-state index contributed by atoms with van der Waals surface area (Å²) in [6.07, 6.45) is -0.164. The van der Waals surface area contributed by atoms with Gasteiger partial charge < -0.3 is 24.9 Å². The number of quaternary nitrogens is 1. The number of hydrogen-bond donors (Lipinski definition) is 2. The molecule has 24 heavy (non-hydrogen) atoms. The summed E-state index contributed by atoms with van der Waals surface area (Å²) in [6.45, 7) is 2.55. The second-order valence-electron chi connectivity index (χ2n) is 6.10. The lowest BCUT2D eigenvalue weighted by Gasteiger charge is -2.18. The van der Waals surface area contributed by atoms with Gasteiger partial charge in [-0.1, -0.05) is 43.3 Å². The van der Waals surface area contributed by atoms with Crippen LogP contribution in [0.25, 0.3) is 21.8 Å². The van der Waals surface area contributed by atoms with Crippen LogP contribution < -0.4 is 10.4 Å². The molecule has 0 saturated heterocycles. The number of nitrogens with zero attached hydrogens (tertiary/aromatic N) is 1. The van der Waals surface area contributed by atoms with Crippen molar-refractivity contribution in [3.63, 3.8) is 0 Å². The molecule has 5 nitrogen and oxygen atoms in total. The van der Waals surface area contributed by atoms with Gasteiger partial charge >= 0.3 is 0 Å². The third-order valence-electron chi connectivity index (χ3n) is 4.51. The maximum atomic E-state index is 11.0. The molecule has 2 atom stereocenters. The van der Waals surface area contributed by atoms with Gasteiger partial charge in [0.1, 0.15) is 18.7 Å². The second-order valence-corrected chi connectivity index (χ2v) is 6.10. The Labute approximate surface area is 140 Å².